The summed E-state index contributed by atoms with van der Waals surface area (Å²) in [4.78, 5) is 16.9. The van der Waals surface area contributed by atoms with E-state index in [1.807, 2.05) is 11.4 Å². The van der Waals surface area contributed by atoms with Gasteiger partial charge in [0.2, 0.25) is 0 Å². The van der Waals surface area contributed by atoms with E-state index < -0.39 is 6.10 Å². The molecule has 2 N–H and O–H groups in total. The van der Waals surface area contributed by atoms with E-state index in [0.717, 1.165) is 48.7 Å². The van der Waals surface area contributed by atoms with Crippen molar-refractivity contribution in [3.05, 3.63) is 23.2 Å². The van der Waals surface area contributed by atoms with E-state index in [9.17, 15) is 9.90 Å². The molecule has 0 saturated heterocycles. The Balaban J connectivity index is 1.75. The highest BCUT2D eigenvalue weighted by molar-refractivity contribution is 7.18. The summed E-state index contributed by atoms with van der Waals surface area (Å²) in [5, 5.41) is 15.2. The van der Waals surface area contributed by atoms with Crippen LogP contribution in [0.4, 0.5) is 0 Å². The Labute approximate surface area is 141 Å². The Morgan fingerprint density at radius 2 is 2.00 bits per heavy atom. The van der Waals surface area contributed by atoms with E-state index in [1.165, 1.54) is 17.8 Å². The van der Waals surface area contributed by atoms with Gasteiger partial charge in [-0.1, -0.05) is 37.6 Å². The van der Waals surface area contributed by atoms with Crippen LogP contribution in [0.1, 0.15) is 55.4 Å². The molecule has 0 aliphatic heterocycles. The predicted octanol–water partition coefficient (Wildman–Crippen LogP) is 2.29. The molecular formula is C17H21BN2O2S. The molecule has 23 heavy (non-hydrogen) atoms. The first-order valence-corrected chi connectivity index (χ1v) is 9.16. The highest BCUT2D eigenvalue weighted by Gasteiger charge is 2.23. The summed E-state index contributed by atoms with van der Waals surface area (Å²) in [5.74, 6) is -0.256. The summed E-state index contributed by atoms with van der Waals surface area (Å²) in [6.07, 6.45) is 6.63. The molecule has 2 atom stereocenters. The van der Waals surface area contributed by atoms with Gasteiger partial charge in [-0.2, -0.15) is 0 Å². The Morgan fingerprint density at radius 1 is 1.26 bits per heavy atom. The lowest BCUT2D eigenvalue weighted by atomic mass is 9.95. The third-order valence-corrected chi connectivity index (χ3v) is 5.42. The summed E-state index contributed by atoms with van der Waals surface area (Å²) >= 11 is 1.52. The summed E-state index contributed by atoms with van der Waals surface area (Å²) in [7, 11) is 6.01. The molecule has 4 nitrogen and oxygen atoms in total. The molecule has 1 fully saturated rings. The quantitative estimate of drug-likeness (QED) is 0.832. The molecule has 0 spiro atoms. The van der Waals surface area contributed by atoms with Gasteiger partial charge in [-0.3, -0.25) is 4.79 Å². The van der Waals surface area contributed by atoms with Crippen molar-refractivity contribution in [3.63, 3.8) is 0 Å². The first-order chi connectivity index (χ1) is 11.1. The van der Waals surface area contributed by atoms with Gasteiger partial charge in [0.05, 0.1) is 17.7 Å². The highest BCUT2D eigenvalue weighted by Crippen LogP contribution is 2.19. The van der Waals surface area contributed by atoms with Gasteiger partial charge in [0.1, 0.15) is 13.5 Å². The molecule has 2 heterocycles. The van der Waals surface area contributed by atoms with Gasteiger partial charge in [-0.15, -0.1) is 11.3 Å². The van der Waals surface area contributed by atoms with Gasteiger partial charge in [0.25, 0.3) is 5.91 Å². The number of carbonyl (C=O) groups is 1. The van der Waals surface area contributed by atoms with Crippen LogP contribution in [0.2, 0.25) is 0 Å². The number of thiophene rings is 1. The number of nitrogens with zero attached hydrogens (tertiary/aromatic N) is 1. The minimum atomic E-state index is -0.487. The average Bonchev–Trinajstić information content (AvgIpc) is 3.03. The molecule has 1 amide bonds. The topological polar surface area (TPSA) is 62.2 Å². The number of aromatic nitrogens is 1. The first kappa shape index (κ1) is 16.5. The second-order valence-corrected chi connectivity index (χ2v) is 7.14. The van der Waals surface area contributed by atoms with E-state index in [0.29, 0.717) is 11.2 Å². The maximum Gasteiger partial charge on any atom is 0.270 e. The Bertz CT molecular complexity index is 688. The summed E-state index contributed by atoms with van der Waals surface area (Å²) < 4.78 is 0.907. The summed E-state index contributed by atoms with van der Waals surface area (Å²) in [6.45, 7) is 0. The molecule has 120 valence electrons. The largest absolute Gasteiger partial charge is 0.391 e. The molecule has 2 unspecified atom stereocenters. The van der Waals surface area contributed by atoms with E-state index in [-0.39, 0.29) is 11.9 Å². The molecule has 1 aliphatic rings. The van der Waals surface area contributed by atoms with Crippen molar-refractivity contribution in [3.8, 4) is 0 Å². The SMILES string of the molecule is [B]c1cc(C(=O)NC2CCCCCCCC2O)nc2ccsc12. The molecule has 2 radical (unpaired) electrons. The van der Waals surface area contributed by atoms with Crippen LogP contribution in [0.25, 0.3) is 10.2 Å². The molecule has 2 aromatic heterocycles. The third kappa shape index (κ3) is 3.93. The minimum absolute atomic E-state index is 0.207. The Kier molecular flexibility index (Phi) is 5.33. The Hall–Kier alpha value is -1.40. The van der Waals surface area contributed by atoms with Crippen LogP contribution in [0, 0.1) is 0 Å². The zero-order valence-electron chi connectivity index (χ0n) is 13.1. The number of hydrogen-bond donors (Lipinski definition) is 2. The van der Waals surface area contributed by atoms with Crippen molar-refractivity contribution in [1.29, 1.82) is 0 Å². The van der Waals surface area contributed by atoms with Crippen molar-refractivity contribution in [1.82, 2.24) is 10.3 Å². The fourth-order valence-electron chi connectivity index (χ4n) is 3.15. The molecule has 1 aliphatic carbocycles. The predicted molar refractivity (Wildman–Crippen MR) is 94.6 cm³/mol. The van der Waals surface area contributed by atoms with E-state index >= 15 is 0 Å². The standard InChI is InChI=1S/C17H21BN2O2S/c18-11-10-14(19-13-8-9-23-16(11)13)17(22)20-12-6-4-2-1-3-5-7-15(12)21/h8-10,12,15,21H,1-7H2,(H,20,22). The van der Waals surface area contributed by atoms with E-state index in [1.54, 1.807) is 6.07 Å². The number of aliphatic hydroxyl groups excluding tert-OH is 1. The van der Waals surface area contributed by atoms with Crippen LogP contribution in [0.5, 0.6) is 0 Å². The number of hydrogen-bond acceptors (Lipinski definition) is 4. The fraction of sp³-hybridized carbons (Fsp3) is 0.529. The van der Waals surface area contributed by atoms with Gasteiger partial charge in [-0.05, 0) is 30.4 Å². The molecule has 1 saturated carbocycles. The first-order valence-electron chi connectivity index (χ1n) is 8.28. The number of pyridine rings is 1. The van der Waals surface area contributed by atoms with Crippen LogP contribution in [-0.2, 0) is 0 Å². The van der Waals surface area contributed by atoms with Crippen molar-refractivity contribution in [2.24, 2.45) is 0 Å². The number of fused-ring (bicyclic) bond motifs is 1. The minimum Gasteiger partial charge on any atom is -0.391 e. The second-order valence-electron chi connectivity index (χ2n) is 6.22. The zero-order valence-corrected chi connectivity index (χ0v) is 13.9. The lowest BCUT2D eigenvalue weighted by Gasteiger charge is -2.23. The second kappa shape index (κ2) is 7.45. The summed E-state index contributed by atoms with van der Waals surface area (Å²) in [6, 6.07) is 3.28. The number of nitrogens with one attached hydrogen (secondary N) is 1. The smallest absolute Gasteiger partial charge is 0.270 e. The molecule has 2 aromatic rings. The van der Waals surface area contributed by atoms with Crippen LogP contribution < -0.4 is 10.8 Å². The maximum atomic E-state index is 12.5. The molecule has 3 rings (SSSR count). The van der Waals surface area contributed by atoms with Crippen molar-refractivity contribution >= 4 is 40.8 Å². The third-order valence-electron chi connectivity index (χ3n) is 4.47. The van der Waals surface area contributed by atoms with Gasteiger partial charge in [0.15, 0.2) is 0 Å². The lowest BCUT2D eigenvalue weighted by Crippen LogP contribution is -2.43. The van der Waals surface area contributed by atoms with Crippen LogP contribution in [0.15, 0.2) is 17.5 Å². The lowest BCUT2D eigenvalue weighted by molar-refractivity contribution is 0.0794. The zero-order chi connectivity index (χ0) is 16.2. The van der Waals surface area contributed by atoms with Crippen molar-refractivity contribution in [2.45, 2.75) is 57.1 Å². The average molecular weight is 328 g/mol. The van der Waals surface area contributed by atoms with Crippen LogP contribution >= 0.6 is 11.3 Å². The van der Waals surface area contributed by atoms with Gasteiger partial charge >= 0.3 is 0 Å². The number of aliphatic hydroxyl groups is 1. The molecule has 0 aromatic carbocycles. The van der Waals surface area contributed by atoms with Crippen LogP contribution in [0.3, 0.4) is 0 Å². The normalized spacial score (nSPS) is 23.0. The van der Waals surface area contributed by atoms with Gasteiger partial charge < -0.3 is 10.4 Å². The molecular weight excluding hydrogens is 307 g/mol. The van der Waals surface area contributed by atoms with Gasteiger partial charge in [-0.25, -0.2) is 4.98 Å². The maximum absolute atomic E-state index is 12.5. The molecule has 0 bridgehead atoms. The highest BCUT2D eigenvalue weighted by atomic mass is 32.1. The van der Waals surface area contributed by atoms with Gasteiger partial charge in [0, 0.05) is 4.70 Å². The fourth-order valence-corrected chi connectivity index (χ4v) is 3.91. The van der Waals surface area contributed by atoms with E-state index in [4.69, 9.17) is 7.85 Å². The monoisotopic (exact) mass is 328 g/mol. The number of carbonyl (C=O) groups excluding carboxylic acids is 1. The number of rotatable bonds is 2. The van der Waals surface area contributed by atoms with E-state index in [2.05, 4.69) is 10.3 Å². The van der Waals surface area contributed by atoms with Crippen molar-refractivity contribution < 1.29 is 9.90 Å². The molecule has 6 heteroatoms. The van der Waals surface area contributed by atoms with Crippen molar-refractivity contribution in [2.75, 3.05) is 0 Å². The summed E-state index contributed by atoms with van der Waals surface area (Å²) in [5.41, 5.74) is 1.64. The van der Waals surface area contributed by atoms with Crippen LogP contribution in [-0.4, -0.2) is 36.0 Å². The Morgan fingerprint density at radius 3 is 2.83 bits per heavy atom. The number of amides is 1.